The van der Waals surface area contributed by atoms with E-state index >= 15 is 0 Å². The Bertz CT molecular complexity index is 406. The molecule has 6 nitrogen and oxygen atoms in total. The van der Waals surface area contributed by atoms with Crippen molar-refractivity contribution in [3.05, 3.63) is 12.4 Å². The maximum atomic E-state index is 11.8. The van der Waals surface area contributed by atoms with Crippen molar-refractivity contribution < 1.29 is 4.79 Å². The van der Waals surface area contributed by atoms with Crippen molar-refractivity contribution in [1.82, 2.24) is 25.6 Å². The summed E-state index contributed by atoms with van der Waals surface area (Å²) >= 11 is 0. The van der Waals surface area contributed by atoms with Crippen LogP contribution in [0.4, 0.5) is 4.79 Å². The highest BCUT2D eigenvalue weighted by Crippen LogP contribution is 2.28. The van der Waals surface area contributed by atoms with Crippen molar-refractivity contribution in [3.63, 3.8) is 0 Å². The largest absolute Gasteiger partial charge is 0.338 e. The molecule has 0 saturated heterocycles. The highest BCUT2D eigenvalue weighted by molar-refractivity contribution is 5.74. The minimum Gasteiger partial charge on any atom is -0.338 e. The molecule has 1 saturated carbocycles. The Hall–Kier alpha value is -1.59. The van der Waals surface area contributed by atoms with Crippen LogP contribution in [0.25, 0.3) is 0 Å². The van der Waals surface area contributed by atoms with Gasteiger partial charge in [-0.2, -0.15) is 0 Å². The average molecular weight is 279 g/mol. The molecule has 3 atom stereocenters. The van der Waals surface area contributed by atoms with E-state index in [9.17, 15) is 4.79 Å². The average Bonchev–Trinajstić information content (AvgIpc) is 2.91. The number of urea groups is 1. The Morgan fingerprint density at radius 3 is 2.95 bits per heavy atom. The second kappa shape index (κ2) is 7.26. The molecule has 0 radical (unpaired) electrons. The number of amides is 2. The van der Waals surface area contributed by atoms with Crippen LogP contribution in [-0.2, 0) is 6.54 Å². The van der Waals surface area contributed by atoms with Gasteiger partial charge in [0.2, 0.25) is 0 Å². The van der Waals surface area contributed by atoms with Crippen molar-refractivity contribution in [3.8, 4) is 0 Å². The third kappa shape index (κ3) is 4.51. The maximum absolute atomic E-state index is 11.8. The smallest absolute Gasteiger partial charge is 0.315 e. The Morgan fingerprint density at radius 1 is 1.40 bits per heavy atom. The summed E-state index contributed by atoms with van der Waals surface area (Å²) in [6.45, 7) is 5.95. The molecule has 2 N–H and O–H groups in total. The van der Waals surface area contributed by atoms with Crippen molar-refractivity contribution >= 4 is 6.03 Å². The number of nitrogens with one attached hydrogen (secondary N) is 2. The van der Waals surface area contributed by atoms with E-state index in [2.05, 4.69) is 34.8 Å². The fraction of sp³-hybridized carbons (Fsp3) is 0.786. The first kappa shape index (κ1) is 14.8. The van der Waals surface area contributed by atoms with Gasteiger partial charge in [0, 0.05) is 25.3 Å². The van der Waals surface area contributed by atoms with E-state index < -0.39 is 0 Å². The highest BCUT2D eigenvalue weighted by atomic mass is 16.2. The zero-order chi connectivity index (χ0) is 14.4. The number of aryl methyl sites for hydroxylation is 1. The Kier molecular flexibility index (Phi) is 5.38. The standard InChI is InChI=1S/C14H25N5O/c1-11-4-5-13(12(2)10-11)17-14(20)15-6-3-8-19-9-7-16-18-19/h7,9,11-13H,3-6,8,10H2,1-2H3,(H2,15,17,20)/t11-,12-,13+/m1/s1. The summed E-state index contributed by atoms with van der Waals surface area (Å²) < 4.78 is 1.77. The molecule has 1 aliphatic carbocycles. The van der Waals surface area contributed by atoms with Crippen LogP contribution < -0.4 is 10.6 Å². The third-order valence-electron chi connectivity index (χ3n) is 4.07. The molecule has 0 bridgehead atoms. The maximum Gasteiger partial charge on any atom is 0.315 e. The summed E-state index contributed by atoms with van der Waals surface area (Å²) in [5.41, 5.74) is 0. The SMILES string of the molecule is C[C@@H]1CC[C@H](NC(=O)NCCCn2ccnn2)[C@H](C)C1. The van der Waals surface area contributed by atoms with Crippen LogP contribution in [0.1, 0.15) is 39.5 Å². The zero-order valence-corrected chi connectivity index (χ0v) is 12.4. The summed E-state index contributed by atoms with van der Waals surface area (Å²) in [6.07, 6.45) is 7.85. The fourth-order valence-corrected chi connectivity index (χ4v) is 2.89. The van der Waals surface area contributed by atoms with Gasteiger partial charge in [0.25, 0.3) is 0 Å². The van der Waals surface area contributed by atoms with E-state index in [1.54, 1.807) is 10.9 Å². The normalized spacial score (nSPS) is 26.2. The van der Waals surface area contributed by atoms with E-state index in [1.165, 1.54) is 12.8 Å². The summed E-state index contributed by atoms with van der Waals surface area (Å²) in [5.74, 6) is 1.36. The molecule has 20 heavy (non-hydrogen) atoms. The first-order chi connectivity index (χ1) is 9.65. The van der Waals surface area contributed by atoms with E-state index in [4.69, 9.17) is 0 Å². The van der Waals surface area contributed by atoms with E-state index in [0.717, 1.165) is 25.3 Å². The van der Waals surface area contributed by atoms with Gasteiger partial charge in [0.15, 0.2) is 0 Å². The third-order valence-corrected chi connectivity index (χ3v) is 4.07. The molecule has 1 fully saturated rings. The molecular weight excluding hydrogens is 254 g/mol. The Balaban J connectivity index is 1.60. The quantitative estimate of drug-likeness (QED) is 0.807. The van der Waals surface area contributed by atoms with Gasteiger partial charge in [-0.15, -0.1) is 5.10 Å². The van der Waals surface area contributed by atoms with Crippen LogP contribution in [-0.4, -0.2) is 33.6 Å². The summed E-state index contributed by atoms with van der Waals surface area (Å²) in [6, 6.07) is 0.275. The van der Waals surface area contributed by atoms with Gasteiger partial charge in [0.1, 0.15) is 0 Å². The van der Waals surface area contributed by atoms with Gasteiger partial charge < -0.3 is 10.6 Å². The number of carbonyl (C=O) groups is 1. The molecule has 2 amide bonds. The highest BCUT2D eigenvalue weighted by Gasteiger charge is 2.26. The Labute approximate surface area is 120 Å². The topological polar surface area (TPSA) is 71.8 Å². The van der Waals surface area contributed by atoms with Crippen molar-refractivity contribution in [2.24, 2.45) is 11.8 Å². The van der Waals surface area contributed by atoms with E-state index in [-0.39, 0.29) is 6.03 Å². The molecule has 1 aromatic rings. The summed E-state index contributed by atoms with van der Waals surface area (Å²) in [4.78, 5) is 11.8. The first-order valence-electron chi connectivity index (χ1n) is 7.53. The molecule has 0 aliphatic heterocycles. The van der Waals surface area contributed by atoms with Gasteiger partial charge >= 0.3 is 6.03 Å². The molecule has 6 heteroatoms. The van der Waals surface area contributed by atoms with Crippen molar-refractivity contribution in [2.45, 2.75) is 52.1 Å². The van der Waals surface area contributed by atoms with Crippen LogP contribution in [0.2, 0.25) is 0 Å². The summed E-state index contributed by atoms with van der Waals surface area (Å²) in [7, 11) is 0. The first-order valence-corrected chi connectivity index (χ1v) is 7.53. The lowest BCUT2D eigenvalue weighted by Crippen LogP contribution is -2.47. The van der Waals surface area contributed by atoms with Gasteiger partial charge in [-0.05, 0) is 37.5 Å². The molecule has 1 heterocycles. The van der Waals surface area contributed by atoms with Crippen LogP contribution in [0.3, 0.4) is 0 Å². The minimum absolute atomic E-state index is 0.0463. The van der Waals surface area contributed by atoms with Crippen LogP contribution >= 0.6 is 0 Å². The lowest BCUT2D eigenvalue weighted by atomic mass is 9.80. The molecule has 1 aromatic heterocycles. The minimum atomic E-state index is -0.0463. The molecule has 112 valence electrons. The predicted octanol–water partition coefficient (Wildman–Crippen LogP) is 1.79. The Morgan fingerprint density at radius 2 is 2.25 bits per heavy atom. The molecule has 0 unspecified atom stereocenters. The molecule has 0 aromatic carbocycles. The molecule has 2 rings (SSSR count). The van der Waals surface area contributed by atoms with Gasteiger partial charge in [-0.3, -0.25) is 4.68 Å². The number of aromatic nitrogens is 3. The molecular formula is C14H25N5O. The van der Waals surface area contributed by atoms with Crippen LogP contribution in [0, 0.1) is 11.8 Å². The molecule has 0 spiro atoms. The van der Waals surface area contributed by atoms with Crippen LogP contribution in [0.5, 0.6) is 0 Å². The predicted molar refractivity (Wildman–Crippen MR) is 77.1 cm³/mol. The lowest BCUT2D eigenvalue weighted by molar-refractivity contribution is 0.206. The number of rotatable bonds is 5. The van der Waals surface area contributed by atoms with Crippen molar-refractivity contribution in [1.29, 1.82) is 0 Å². The van der Waals surface area contributed by atoms with E-state index in [0.29, 0.717) is 18.5 Å². The second-order valence-electron chi connectivity index (χ2n) is 5.92. The summed E-state index contributed by atoms with van der Waals surface area (Å²) in [5, 5.41) is 13.6. The lowest BCUT2D eigenvalue weighted by Gasteiger charge is -2.33. The number of hydrogen-bond acceptors (Lipinski definition) is 3. The molecule has 1 aliphatic rings. The van der Waals surface area contributed by atoms with Gasteiger partial charge in [-0.1, -0.05) is 19.1 Å². The monoisotopic (exact) mass is 279 g/mol. The number of nitrogens with zero attached hydrogens (tertiary/aromatic N) is 3. The van der Waals surface area contributed by atoms with E-state index in [1.807, 2.05) is 6.20 Å². The fourth-order valence-electron chi connectivity index (χ4n) is 2.89. The van der Waals surface area contributed by atoms with Gasteiger partial charge in [0.05, 0.1) is 6.20 Å². The van der Waals surface area contributed by atoms with Gasteiger partial charge in [-0.25, -0.2) is 4.79 Å². The number of carbonyl (C=O) groups excluding carboxylic acids is 1. The second-order valence-corrected chi connectivity index (χ2v) is 5.92. The number of hydrogen-bond donors (Lipinski definition) is 2. The van der Waals surface area contributed by atoms with Crippen molar-refractivity contribution in [2.75, 3.05) is 6.54 Å². The zero-order valence-electron chi connectivity index (χ0n) is 12.4. The van der Waals surface area contributed by atoms with Crippen LogP contribution in [0.15, 0.2) is 12.4 Å².